The maximum absolute atomic E-state index is 12.9. The summed E-state index contributed by atoms with van der Waals surface area (Å²) in [4.78, 5) is 29.1. The third kappa shape index (κ3) is 3.59. The average molecular weight is 429 g/mol. The van der Waals surface area contributed by atoms with E-state index in [2.05, 4.69) is 5.32 Å². The van der Waals surface area contributed by atoms with E-state index >= 15 is 0 Å². The Bertz CT molecular complexity index is 1340. The Morgan fingerprint density at radius 2 is 1.90 bits per heavy atom. The lowest BCUT2D eigenvalue weighted by molar-refractivity contribution is -0.115. The van der Waals surface area contributed by atoms with E-state index in [4.69, 9.17) is 4.42 Å². The number of hydrogen-bond donors (Lipinski definition) is 1. The molecular weight excluding hydrogens is 408 g/mol. The number of carbonyl (C=O) groups excluding carboxylic acids is 2. The lowest BCUT2D eigenvalue weighted by Gasteiger charge is -2.18. The van der Waals surface area contributed by atoms with E-state index in [0.29, 0.717) is 11.3 Å². The van der Waals surface area contributed by atoms with Crippen molar-refractivity contribution in [3.8, 4) is 0 Å². The van der Waals surface area contributed by atoms with Gasteiger partial charge in [-0.3, -0.25) is 9.59 Å². The van der Waals surface area contributed by atoms with Crippen LogP contribution in [-0.2, 0) is 11.2 Å². The molecule has 0 unspecified atom stereocenters. The quantitative estimate of drug-likeness (QED) is 0.457. The number of nitrogens with zero attached hydrogens (tertiary/aromatic N) is 1. The fraction of sp³-hybridized carbons (Fsp3) is 0.120. The Balaban J connectivity index is 1.38. The molecule has 0 aliphatic carbocycles. The van der Waals surface area contributed by atoms with Gasteiger partial charge in [0, 0.05) is 33.5 Å². The molecule has 0 radical (unpaired) electrons. The minimum atomic E-state index is -0.137. The van der Waals surface area contributed by atoms with Crippen molar-refractivity contribution in [2.75, 3.05) is 17.3 Å². The molecule has 0 saturated heterocycles. The van der Waals surface area contributed by atoms with Crippen LogP contribution in [0.15, 0.2) is 81.1 Å². The van der Waals surface area contributed by atoms with Crippen LogP contribution in [0.1, 0.15) is 21.5 Å². The molecule has 0 spiro atoms. The van der Waals surface area contributed by atoms with Crippen molar-refractivity contribution in [1.82, 2.24) is 0 Å². The molecule has 2 heterocycles. The number of amides is 2. The van der Waals surface area contributed by atoms with E-state index in [0.717, 1.165) is 37.6 Å². The van der Waals surface area contributed by atoms with Crippen LogP contribution in [0, 0.1) is 6.92 Å². The minimum absolute atomic E-state index is 0.0644. The molecule has 0 bridgehead atoms. The molecule has 31 heavy (non-hydrogen) atoms. The number of benzene rings is 3. The Labute approximate surface area is 184 Å². The second kappa shape index (κ2) is 7.63. The van der Waals surface area contributed by atoms with Crippen LogP contribution in [0.3, 0.4) is 0 Å². The normalized spacial score (nSPS) is 13.0. The zero-order chi connectivity index (χ0) is 21.5. The van der Waals surface area contributed by atoms with E-state index < -0.39 is 0 Å². The maximum Gasteiger partial charge on any atom is 0.259 e. The number of hydrogen-bond acceptors (Lipinski definition) is 4. The highest BCUT2D eigenvalue weighted by Gasteiger charge is 2.25. The Kier molecular flexibility index (Phi) is 4.79. The largest absolute Gasteiger partial charge is 0.464 e. The van der Waals surface area contributed by atoms with Crippen molar-refractivity contribution in [1.29, 1.82) is 0 Å². The number of rotatable bonds is 3. The van der Waals surface area contributed by atoms with Gasteiger partial charge >= 0.3 is 0 Å². The highest BCUT2D eigenvalue weighted by Crippen LogP contribution is 2.41. The molecule has 1 N–H and O–H groups in total. The fourth-order valence-electron chi connectivity index (χ4n) is 3.79. The van der Waals surface area contributed by atoms with Crippen LogP contribution in [0.25, 0.3) is 11.0 Å². The average Bonchev–Trinajstić information content (AvgIpc) is 3.11. The Morgan fingerprint density at radius 1 is 1.06 bits per heavy atom. The number of nitrogens with one attached hydrogen (secondary N) is 1. The standard InChI is InChI=1S/C25H20N2O3S/c1-15-7-9-18-16(14-30-21(18)11-15)12-24(28)26-17-8-10-23-20(13-17)27(2)25(29)19-5-3-4-6-22(19)31-23/h3-11,13-14H,12H2,1-2H3,(H,26,28). The molecule has 5 rings (SSSR count). The summed E-state index contributed by atoms with van der Waals surface area (Å²) in [6, 6.07) is 19.2. The third-order valence-corrected chi connectivity index (χ3v) is 6.55. The Hall–Kier alpha value is -3.51. The van der Waals surface area contributed by atoms with Crippen LogP contribution in [0.5, 0.6) is 0 Å². The zero-order valence-corrected chi connectivity index (χ0v) is 18.0. The van der Waals surface area contributed by atoms with Gasteiger partial charge in [0.15, 0.2) is 0 Å². The van der Waals surface area contributed by atoms with Gasteiger partial charge in [0.25, 0.3) is 5.91 Å². The lowest BCUT2D eigenvalue weighted by atomic mass is 10.1. The van der Waals surface area contributed by atoms with Crippen molar-refractivity contribution in [2.24, 2.45) is 0 Å². The Morgan fingerprint density at radius 3 is 2.77 bits per heavy atom. The molecule has 1 aromatic heterocycles. The van der Waals surface area contributed by atoms with Gasteiger partial charge in [0.2, 0.25) is 5.91 Å². The topological polar surface area (TPSA) is 62.6 Å². The van der Waals surface area contributed by atoms with Crippen LogP contribution < -0.4 is 10.2 Å². The van der Waals surface area contributed by atoms with Gasteiger partial charge in [0.1, 0.15) is 5.58 Å². The fourth-order valence-corrected chi connectivity index (χ4v) is 4.88. The predicted molar refractivity (Wildman–Crippen MR) is 123 cm³/mol. The number of carbonyl (C=O) groups is 2. The highest BCUT2D eigenvalue weighted by molar-refractivity contribution is 7.99. The monoisotopic (exact) mass is 428 g/mol. The van der Waals surface area contributed by atoms with Crippen molar-refractivity contribution in [3.05, 3.63) is 83.6 Å². The van der Waals surface area contributed by atoms with Gasteiger partial charge in [-0.25, -0.2) is 0 Å². The predicted octanol–water partition coefficient (Wildman–Crippen LogP) is 5.66. The van der Waals surface area contributed by atoms with Crippen molar-refractivity contribution in [2.45, 2.75) is 23.1 Å². The molecule has 5 nitrogen and oxygen atoms in total. The van der Waals surface area contributed by atoms with Gasteiger partial charge < -0.3 is 14.6 Å². The van der Waals surface area contributed by atoms with Gasteiger partial charge in [0.05, 0.1) is 23.9 Å². The smallest absolute Gasteiger partial charge is 0.259 e. The SMILES string of the molecule is Cc1ccc2c(CC(=O)Nc3ccc4c(c3)N(C)C(=O)c3ccccc3S4)coc2c1. The third-order valence-electron chi connectivity index (χ3n) is 5.41. The molecule has 4 aromatic rings. The van der Waals surface area contributed by atoms with E-state index in [1.54, 1.807) is 30.0 Å². The van der Waals surface area contributed by atoms with Crippen LogP contribution in [0.4, 0.5) is 11.4 Å². The molecule has 1 aliphatic heterocycles. The molecule has 0 fully saturated rings. The summed E-state index contributed by atoms with van der Waals surface area (Å²) in [5, 5.41) is 3.90. The summed E-state index contributed by atoms with van der Waals surface area (Å²) >= 11 is 1.56. The second-order valence-corrected chi connectivity index (χ2v) is 8.71. The van der Waals surface area contributed by atoms with Crippen molar-refractivity contribution >= 4 is 45.9 Å². The number of furan rings is 1. The second-order valence-electron chi connectivity index (χ2n) is 7.63. The highest BCUT2D eigenvalue weighted by atomic mass is 32.2. The van der Waals surface area contributed by atoms with E-state index in [1.165, 1.54) is 0 Å². The van der Waals surface area contributed by atoms with Crippen LogP contribution >= 0.6 is 11.8 Å². The lowest BCUT2D eigenvalue weighted by Crippen LogP contribution is -2.26. The van der Waals surface area contributed by atoms with Crippen LogP contribution in [0.2, 0.25) is 0 Å². The summed E-state index contributed by atoms with van der Waals surface area (Å²) < 4.78 is 5.60. The first-order chi connectivity index (χ1) is 15.0. The van der Waals surface area contributed by atoms with Crippen molar-refractivity contribution in [3.63, 3.8) is 0 Å². The first-order valence-corrected chi connectivity index (χ1v) is 10.8. The molecule has 154 valence electrons. The molecular formula is C25H20N2O3S. The van der Waals surface area contributed by atoms with Crippen LogP contribution in [-0.4, -0.2) is 18.9 Å². The first-order valence-electron chi connectivity index (χ1n) is 9.95. The molecule has 0 atom stereocenters. The number of fused-ring (bicyclic) bond motifs is 3. The van der Waals surface area contributed by atoms with Gasteiger partial charge in [-0.15, -0.1) is 0 Å². The molecule has 3 aromatic carbocycles. The van der Waals surface area contributed by atoms with Gasteiger partial charge in [-0.05, 0) is 48.9 Å². The summed E-state index contributed by atoms with van der Waals surface area (Å²) in [5.41, 5.74) is 4.84. The first kappa shape index (κ1) is 19.5. The molecule has 0 saturated carbocycles. The summed E-state index contributed by atoms with van der Waals surface area (Å²) in [6.07, 6.45) is 1.85. The molecule has 1 aliphatic rings. The minimum Gasteiger partial charge on any atom is -0.464 e. The molecule has 6 heteroatoms. The van der Waals surface area contributed by atoms with Gasteiger partial charge in [-0.1, -0.05) is 36.0 Å². The number of anilines is 2. The van der Waals surface area contributed by atoms with E-state index in [-0.39, 0.29) is 18.2 Å². The zero-order valence-electron chi connectivity index (χ0n) is 17.1. The van der Waals surface area contributed by atoms with E-state index in [1.807, 2.05) is 67.6 Å². The number of aryl methyl sites for hydroxylation is 1. The summed E-state index contributed by atoms with van der Waals surface area (Å²) in [5.74, 6) is -0.202. The molecule has 2 amide bonds. The maximum atomic E-state index is 12.9. The van der Waals surface area contributed by atoms with E-state index in [9.17, 15) is 9.59 Å². The summed E-state index contributed by atoms with van der Waals surface area (Å²) in [7, 11) is 1.76. The summed E-state index contributed by atoms with van der Waals surface area (Å²) in [6.45, 7) is 2.01. The van der Waals surface area contributed by atoms with Crippen molar-refractivity contribution < 1.29 is 14.0 Å². The van der Waals surface area contributed by atoms with Gasteiger partial charge in [-0.2, -0.15) is 0 Å².